The molecule has 1 unspecified atom stereocenters. The largest absolute Gasteiger partial charge is 0.463 e. The van der Waals surface area contributed by atoms with Crippen LogP contribution in [0.25, 0.3) is 0 Å². The fraction of sp³-hybridized carbons (Fsp3) is 0.424. The molecule has 0 aromatic heterocycles. The lowest BCUT2D eigenvalue weighted by Crippen LogP contribution is -2.51. The molecule has 0 saturated carbocycles. The summed E-state index contributed by atoms with van der Waals surface area (Å²) >= 11 is 6.00. The van der Waals surface area contributed by atoms with E-state index in [1.807, 2.05) is 29.2 Å². The van der Waals surface area contributed by atoms with Crippen LogP contribution in [-0.2, 0) is 14.9 Å². The maximum atomic E-state index is 13.5. The van der Waals surface area contributed by atoms with Gasteiger partial charge in [0.05, 0.1) is 18.2 Å². The first kappa shape index (κ1) is 31.3. The number of rotatable bonds is 8. The van der Waals surface area contributed by atoms with Gasteiger partial charge in [-0.2, -0.15) is 0 Å². The van der Waals surface area contributed by atoms with E-state index in [9.17, 15) is 14.4 Å². The Kier molecular flexibility index (Phi) is 10.1. The van der Waals surface area contributed by atoms with Gasteiger partial charge in [0.2, 0.25) is 0 Å². The zero-order chi connectivity index (χ0) is 30.4. The summed E-state index contributed by atoms with van der Waals surface area (Å²) in [4.78, 5) is 45.8. The standard InChI is InChI=1S/C33H41ClN4O4/c1-6-17-38-27(22-36-18-8-19-37(21-20-36)30(39)24-11-15-26(34)16-12-24)28(31(40)42-7-2)29(35-32(38)41)23-9-13-25(14-10-23)33(3,4)5/h6,9-16,29H,1,7-8,17-22H2,2-5H3,(H,35,41). The van der Waals surface area contributed by atoms with Crippen molar-refractivity contribution in [3.63, 3.8) is 0 Å². The first-order chi connectivity index (χ1) is 20.0. The van der Waals surface area contributed by atoms with Crippen molar-refractivity contribution in [2.75, 3.05) is 45.9 Å². The number of ether oxygens (including phenoxy) is 1. The molecule has 0 radical (unpaired) electrons. The summed E-state index contributed by atoms with van der Waals surface area (Å²) in [6.07, 6.45) is 2.41. The Bertz CT molecular complexity index is 1330. The molecule has 4 rings (SSSR count). The van der Waals surface area contributed by atoms with E-state index in [1.54, 1.807) is 42.2 Å². The van der Waals surface area contributed by atoms with E-state index in [-0.39, 0.29) is 30.5 Å². The van der Waals surface area contributed by atoms with Crippen molar-refractivity contribution in [1.29, 1.82) is 0 Å². The van der Waals surface area contributed by atoms with E-state index in [4.69, 9.17) is 16.3 Å². The van der Waals surface area contributed by atoms with E-state index in [1.165, 1.54) is 0 Å². The molecular weight excluding hydrogens is 552 g/mol. The lowest BCUT2D eigenvalue weighted by atomic mass is 9.85. The zero-order valence-electron chi connectivity index (χ0n) is 25.0. The number of carbonyl (C=O) groups is 3. The summed E-state index contributed by atoms with van der Waals surface area (Å²) in [6, 6.07) is 14.0. The van der Waals surface area contributed by atoms with E-state index >= 15 is 0 Å². The van der Waals surface area contributed by atoms with Crippen LogP contribution < -0.4 is 5.32 Å². The number of nitrogens with one attached hydrogen (secondary N) is 1. The Morgan fingerprint density at radius 1 is 1.05 bits per heavy atom. The topological polar surface area (TPSA) is 82.2 Å². The van der Waals surface area contributed by atoms with Gasteiger partial charge < -0.3 is 15.0 Å². The number of hydrogen-bond acceptors (Lipinski definition) is 5. The van der Waals surface area contributed by atoms with E-state index in [0.29, 0.717) is 54.6 Å². The van der Waals surface area contributed by atoms with Crippen molar-refractivity contribution in [2.24, 2.45) is 0 Å². The number of nitrogens with zero attached hydrogens (tertiary/aromatic N) is 3. The Balaban J connectivity index is 1.65. The molecule has 1 N–H and O–H groups in total. The number of urea groups is 1. The average Bonchev–Trinajstić information content (AvgIpc) is 3.20. The van der Waals surface area contributed by atoms with Crippen LogP contribution in [0, 0.1) is 0 Å². The summed E-state index contributed by atoms with van der Waals surface area (Å²) in [7, 11) is 0. The van der Waals surface area contributed by atoms with Crippen LogP contribution in [0.4, 0.5) is 4.79 Å². The second-order valence-corrected chi connectivity index (χ2v) is 12.1. The van der Waals surface area contributed by atoms with Crippen molar-refractivity contribution in [2.45, 2.75) is 45.6 Å². The summed E-state index contributed by atoms with van der Waals surface area (Å²) < 4.78 is 5.54. The average molecular weight is 593 g/mol. The van der Waals surface area contributed by atoms with Gasteiger partial charge in [-0.3, -0.25) is 14.6 Å². The second kappa shape index (κ2) is 13.6. The number of carbonyl (C=O) groups excluding carboxylic acids is 3. The first-order valence-corrected chi connectivity index (χ1v) is 14.9. The van der Waals surface area contributed by atoms with Crippen molar-refractivity contribution in [1.82, 2.24) is 20.0 Å². The molecule has 2 aliphatic rings. The SMILES string of the molecule is C=CCN1C(=O)NC(c2ccc(C(C)(C)C)cc2)C(C(=O)OCC)=C1CN1CCCN(C(=O)c2ccc(Cl)cc2)CC1. The molecule has 2 aromatic carbocycles. The lowest BCUT2D eigenvalue weighted by molar-refractivity contribution is -0.139. The molecule has 2 aromatic rings. The Labute approximate surface area is 253 Å². The summed E-state index contributed by atoms with van der Waals surface area (Å²) in [5.41, 5.74) is 3.55. The molecular formula is C33H41ClN4O4. The molecule has 224 valence electrons. The first-order valence-electron chi connectivity index (χ1n) is 14.5. The molecule has 1 atom stereocenters. The van der Waals surface area contributed by atoms with Gasteiger partial charge in [-0.25, -0.2) is 9.59 Å². The van der Waals surface area contributed by atoms with Crippen LogP contribution in [0.15, 0.2) is 72.5 Å². The van der Waals surface area contributed by atoms with Crippen molar-refractivity contribution < 1.29 is 19.1 Å². The molecule has 8 nitrogen and oxygen atoms in total. The fourth-order valence-electron chi connectivity index (χ4n) is 5.39. The van der Waals surface area contributed by atoms with Crippen molar-refractivity contribution in [3.8, 4) is 0 Å². The van der Waals surface area contributed by atoms with Gasteiger partial charge >= 0.3 is 12.0 Å². The molecule has 9 heteroatoms. The third kappa shape index (κ3) is 7.23. The number of benzene rings is 2. The van der Waals surface area contributed by atoms with E-state index in [0.717, 1.165) is 17.5 Å². The van der Waals surface area contributed by atoms with Gasteiger partial charge in [-0.1, -0.05) is 62.7 Å². The maximum absolute atomic E-state index is 13.5. The van der Waals surface area contributed by atoms with Crippen LogP contribution in [0.2, 0.25) is 5.02 Å². The van der Waals surface area contributed by atoms with Gasteiger partial charge in [0, 0.05) is 55.6 Å². The molecule has 3 amide bonds. The summed E-state index contributed by atoms with van der Waals surface area (Å²) in [5.74, 6) is -0.495. The third-order valence-corrected chi connectivity index (χ3v) is 7.95. The minimum atomic E-state index is -0.656. The van der Waals surface area contributed by atoms with Crippen LogP contribution in [0.1, 0.15) is 61.6 Å². The summed E-state index contributed by atoms with van der Waals surface area (Å²) in [5, 5.41) is 3.62. The molecule has 42 heavy (non-hydrogen) atoms. The molecule has 0 bridgehead atoms. The van der Waals surface area contributed by atoms with Crippen LogP contribution in [0.3, 0.4) is 0 Å². The number of halogens is 1. The second-order valence-electron chi connectivity index (χ2n) is 11.7. The van der Waals surface area contributed by atoms with Crippen molar-refractivity contribution >= 4 is 29.5 Å². The summed E-state index contributed by atoms with van der Waals surface area (Å²) in [6.45, 7) is 15.3. The van der Waals surface area contributed by atoms with E-state index in [2.05, 4.69) is 37.6 Å². The highest BCUT2D eigenvalue weighted by molar-refractivity contribution is 6.30. The normalized spacial score (nSPS) is 18.4. The maximum Gasteiger partial charge on any atom is 0.338 e. The van der Waals surface area contributed by atoms with Crippen molar-refractivity contribution in [3.05, 3.63) is 94.2 Å². The molecule has 2 aliphatic heterocycles. The van der Waals surface area contributed by atoms with Gasteiger partial charge in [0.1, 0.15) is 0 Å². The quantitative estimate of drug-likeness (QED) is 0.321. The smallest absolute Gasteiger partial charge is 0.338 e. The van der Waals surface area contributed by atoms with Gasteiger partial charge in [-0.15, -0.1) is 6.58 Å². The predicted molar refractivity (Wildman–Crippen MR) is 165 cm³/mol. The van der Waals surface area contributed by atoms with Gasteiger partial charge in [0.25, 0.3) is 5.91 Å². The Morgan fingerprint density at radius 3 is 2.36 bits per heavy atom. The highest BCUT2D eigenvalue weighted by atomic mass is 35.5. The monoisotopic (exact) mass is 592 g/mol. The molecule has 1 saturated heterocycles. The highest BCUT2D eigenvalue weighted by Crippen LogP contribution is 2.33. The predicted octanol–water partition coefficient (Wildman–Crippen LogP) is 5.56. The van der Waals surface area contributed by atoms with Gasteiger partial charge in [0.15, 0.2) is 0 Å². The van der Waals surface area contributed by atoms with Crippen LogP contribution in [-0.4, -0.2) is 78.5 Å². The van der Waals surface area contributed by atoms with Gasteiger partial charge in [-0.05, 0) is 54.2 Å². The number of hydrogen-bond donors (Lipinski definition) is 1. The minimum Gasteiger partial charge on any atom is -0.463 e. The Morgan fingerprint density at radius 2 is 1.74 bits per heavy atom. The highest BCUT2D eigenvalue weighted by Gasteiger charge is 2.38. The zero-order valence-corrected chi connectivity index (χ0v) is 25.7. The van der Waals surface area contributed by atoms with E-state index < -0.39 is 12.0 Å². The fourth-order valence-corrected chi connectivity index (χ4v) is 5.52. The molecule has 0 spiro atoms. The van der Waals surface area contributed by atoms with Crippen LogP contribution >= 0.6 is 11.6 Å². The minimum absolute atomic E-state index is 0.0321. The lowest BCUT2D eigenvalue weighted by Gasteiger charge is -2.38. The molecule has 0 aliphatic carbocycles. The molecule has 1 fully saturated rings. The number of esters is 1. The number of amides is 3. The molecule has 2 heterocycles. The van der Waals surface area contributed by atoms with Crippen LogP contribution in [0.5, 0.6) is 0 Å². The third-order valence-electron chi connectivity index (χ3n) is 7.70. The Hall–Kier alpha value is -3.62.